The Morgan fingerprint density at radius 2 is 1.55 bits per heavy atom. The lowest BCUT2D eigenvalue weighted by atomic mass is 9.92. The van der Waals surface area contributed by atoms with Crippen LogP contribution in [0, 0.1) is 5.92 Å². The molecular weight excluding hydrogens is 244 g/mol. The summed E-state index contributed by atoms with van der Waals surface area (Å²) in [6, 6.07) is 14.1. The predicted molar refractivity (Wildman–Crippen MR) is 88.5 cm³/mol. The zero-order valence-corrected chi connectivity index (χ0v) is 12.4. The van der Waals surface area contributed by atoms with Crippen molar-refractivity contribution >= 4 is 11.4 Å². The van der Waals surface area contributed by atoms with Crippen LogP contribution in [0.15, 0.2) is 42.5 Å². The molecular formula is C18H24N2. The van der Waals surface area contributed by atoms with Crippen LogP contribution in [0.25, 0.3) is 11.1 Å². The van der Waals surface area contributed by atoms with E-state index in [4.69, 9.17) is 11.5 Å². The van der Waals surface area contributed by atoms with Crippen molar-refractivity contribution in [3.05, 3.63) is 48.0 Å². The van der Waals surface area contributed by atoms with Crippen LogP contribution < -0.4 is 11.5 Å². The molecule has 2 heteroatoms. The average molecular weight is 268 g/mol. The highest BCUT2D eigenvalue weighted by Gasteiger charge is 2.12. The molecule has 0 atom stereocenters. The number of rotatable bonds is 5. The Labute approximate surface area is 121 Å². The third kappa shape index (κ3) is 3.32. The van der Waals surface area contributed by atoms with Crippen molar-refractivity contribution in [2.45, 2.75) is 33.1 Å². The van der Waals surface area contributed by atoms with Crippen LogP contribution in [0.1, 0.15) is 32.3 Å². The molecule has 0 bridgehead atoms. The van der Waals surface area contributed by atoms with E-state index in [2.05, 4.69) is 26.0 Å². The molecule has 0 aliphatic carbocycles. The van der Waals surface area contributed by atoms with E-state index in [9.17, 15) is 0 Å². The number of benzene rings is 2. The van der Waals surface area contributed by atoms with Crippen molar-refractivity contribution < 1.29 is 0 Å². The molecule has 0 saturated carbocycles. The first-order chi connectivity index (χ1) is 9.59. The lowest BCUT2D eigenvalue weighted by molar-refractivity contribution is 0.556. The summed E-state index contributed by atoms with van der Waals surface area (Å²) in [5, 5.41) is 0. The minimum atomic E-state index is 0.720. The summed E-state index contributed by atoms with van der Waals surface area (Å²) in [4.78, 5) is 0. The number of nitrogens with two attached hydrogens (primary N) is 2. The molecule has 0 aromatic heterocycles. The topological polar surface area (TPSA) is 52.0 Å². The first-order valence-electron chi connectivity index (χ1n) is 7.32. The Morgan fingerprint density at radius 3 is 2.20 bits per heavy atom. The first-order valence-corrected chi connectivity index (χ1v) is 7.32. The van der Waals surface area contributed by atoms with E-state index in [1.165, 1.54) is 12.0 Å². The summed E-state index contributed by atoms with van der Waals surface area (Å²) >= 11 is 0. The van der Waals surface area contributed by atoms with E-state index < -0.39 is 0 Å². The summed E-state index contributed by atoms with van der Waals surface area (Å²) in [6.07, 6.45) is 3.34. The second kappa shape index (κ2) is 6.47. The number of hydrogen-bond acceptors (Lipinski definition) is 2. The van der Waals surface area contributed by atoms with Gasteiger partial charge in [0, 0.05) is 16.9 Å². The molecule has 0 aliphatic heterocycles. The van der Waals surface area contributed by atoms with Gasteiger partial charge in [-0.15, -0.1) is 0 Å². The normalized spacial score (nSPS) is 10.9. The van der Waals surface area contributed by atoms with Crippen LogP contribution in [0.4, 0.5) is 11.4 Å². The number of hydrogen-bond donors (Lipinski definition) is 2. The fourth-order valence-electron chi connectivity index (χ4n) is 2.58. The van der Waals surface area contributed by atoms with Gasteiger partial charge in [-0.2, -0.15) is 0 Å². The Hall–Kier alpha value is -1.96. The second-order valence-corrected chi connectivity index (χ2v) is 5.75. The minimum Gasteiger partial charge on any atom is -0.398 e. The average Bonchev–Trinajstić information content (AvgIpc) is 2.43. The predicted octanol–water partition coefficient (Wildman–Crippen LogP) is 4.50. The highest BCUT2D eigenvalue weighted by Crippen LogP contribution is 2.34. The van der Waals surface area contributed by atoms with Gasteiger partial charge in [0.1, 0.15) is 0 Å². The molecule has 4 N–H and O–H groups in total. The standard InChI is InChI=1S/C18H24N2/c1-13(2)7-6-10-15-16(19)11-12-17(20)18(15)14-8-4-3-5-9-14/h3-5,8-9,11-13H,6-7,10,19-20H2,1-2H3. The minimum absolute atomic E-state index is 0.720. The third-order valence-electron chi connectivity index (χ3n) is 3.65. The van der Waals surface area contributed by atoms with Crippen molar-refractivity contribution in [2.24, 2.45) is 5.92 Å². The van der Waals surface area contributed by atoms with Crippen LogP contribution in [0.3, 0.4) is 0 Å². The van der Waals surface area contributed by atoms with Gasteiger partial charge in [0.25, 0.3) is 0 Å². The molecule has 2 aromatic carbocycles. The van der Waals surface area contributed by atoms with Crippen LogP contribution in [0.5, 0.6) is 0 Å². The Balaban J connectivity index is 2.37. The highest BCUT2D eigenvalue weighted by atomic mass is 14.6. The summed E-state index contributed by atoms with van der Waals surface area (Å²) < 4.78 is 0. The van der Waals surface area contributed by atoms with Crippen molar-refractivity contribution in [1.82, 2.24) is 0 Å². The highest BCUT2D eigenvalue weighted by molar-refractivity contribution is 5.83. The molecule has 106 valence electrons. The van der Waals surface area contributed by atoms with Crippen molar-refractivity contribution in [3.63, 3.8) is 0 Å². The molecule has 0 spiro atoms. The summed E-state index contributed by atoms with van der Waals surface area (Å²) in [6.45, 7) is 4.50. The fraction of sp³-hybridized carbons (Fsp3) is 0.333. The molecule has 20 heavy (non-hydrogen) atoms. The summed E-state index contributed by atoms with van der Waals surface area (Å²) in [5.74, 6) is 0.720. The smallest absolute Gasteiger partial charge is 0.0398 e. The van der Waals surface area contributed by atoms with E-state index in [1.807, 2.05) is 30.3 Å². The molecule has 0 saturated heterocycles. The van der Waals surface area contributed by atoms with Gasteiger partial charge in [-0.05, 0) is 42.0 Å². The molecule has 0 aliphatic rings. The van der Waals surface area contributed by atoms with Crippen LogP contribution in [-0.2, 0) is 6.42 Å². The number of nitrogen functional groups attached to an aromatic ring is 2. The molecule has 2 aromatic rings. The van der Waals surface area contributed by atoms with Crippen LogP contribution in [0.2, 0.25) is 0 Å². The van der Waals surface area contributed by atoms with E-state index in [0.717, 1.165) is 41.3 Å². The van der Waals surface area contributed by atoms with Gasteiger partial charge in [-0.3, -0.25) is 0 Å². The lowest BCUT2D eigenvalue weighted by Gasteiger charge is -2.16. The van der Waals surface area contributed by atoms with Gasteiger partial charge in [-0.25, -0.2) is 0 Å². The maximum absolute atomic E-state index is 6.20. The Kier molecular flexibility index (Phi) is 4.67. The molecule has 0 unspecified atom stereocenters. The Bertz CT molecular complexity index is 559. The Morgan fingerprint density at radius 1 is 0.900 bits per heavy atom. The number of anilines is 2. The van der Waals surface area contributed by atoms with Crippen molar-refractivity contribution in [3.8, 4) is 11.1 Å². The maximum atomic E-state index is 6.20. The fourth-order valence-corrected chi connectivity index (χ4v) is 2.58. The van der Waals surface area contributed by atoms with Gasteiger partial charge >= 0.3 is 0 Å². The SMILES string of the molecule is CC(C)CCCc1c(N)ccc(N)c1-c1ccccc1. The van der Waals surface area contributed by atoms with E-state index in [0.29, 0.717) is 0 Å². The zero-order valence-electron chi connectivity index (χ0n) is 12.4. The van der Waals surface area contributed by atoms with E-state index in [-0.39, 0.29) is 0 Å². The molecule has 2 rings (SSSR count). The van der Waals surface area contributed by atoms with Crippen molar-refractivity contribution in [1.29, 1.82) is 0 Å². The van der Waals surface area contributed by atoms with Gasteiger partial charge < -0.3 is 11.5 Å². The monoisotopic (exact) mass is 268 g/mol. The molecule has 2 nitrogen and oxygen atoms in total. The molecule has 0 radical (unpaired) electrons. The van der Waals surface area contributed by atoms with Gasteiger partial charge in [-0.1, -0.05) is 50.6 Å². The van der Waals surface area contributed by atoms with Crippen molar-refractivity contribution in [2.75, 3.05) is 11.5 Å². The first kappa shape index (κ1) is 14.4. The van der Waals surface area contributed by atoms with E-state index in [1.54, 1.807) is 0 Å². The van der Waals surface area contributed by atoms with Crippen LogP contribution >= 0.6 is 0 Å². The maximum Gasteiger partial charge on any atom is 0.0398 e. The summed E-state index contributed by atoms with van der Waals surface area (Å²) in [7, 11) is 0. The van der Waals surface area contributed by atoms with Gasteiger partial charge in [0.15, 0.2) is 0 Å². The quantitative estimate of drug-likeness (QED) is 0.785. The molecule has 0 fully saturated rings. The second-order valence-electron chi connectivity index (χ2n) is 5.75. The lowest BCUT2D eigenvalue weighted by Crippen LogP contribution is -2.02. The van der Waals surface area contributed by atoms with Crippen LogP contribution in [-0.4, -0.2) is 0 Å². The zero-order chi connectivity index (χ0) is 14.5. The molecule has 0 amide bonds. The summed E-state index contributed by atoms with van der Waals surface area (Å²) in [5.41, 5.74) is 17.5. The molecule has 0 heterocycles. The van der Waals surface area contributed by atoms with Gasteiger partial charge in [0.05, 0.1) is 0 Å². The van der Waals surface area contributed by atoms with Gasteiger partial charge in [0.2, 0.25) is 0 Å². The van der Waals surface area contributed by atoms with E-state index >= 15 is 0 Å². The largest absolute Gasteiger partial charge is 0.398 e. The third-order valence-corrected chi connectivity index (χ3v) is 3.65.